The fourth-order valence-corrected chi connectivity index (χ4v) is 3.24. The lowest BCUT2D eigenvalue weighted by Crippen LogP contribution is -2.59. The molecule has 1 aliphatic heterocycles. The summed E-state index contributed by atoms with van der Waals surface area (Å²) in [5.41, 5.74) is 0.752. The molecule has 0 aromatic rings. The van der Waals surface area contributed by atoms with Crippen LogP contribution >= 0.6 is 0 Å². The van der Waals surface area contributed by atoms with Crippen molar-refractivity contribution in [1.82, 2.24) is 4.90 Å². The van der Waals surface area contributed by atoms with Crippen LogP contribution in [-0.4, -0.2) is 24.0 Å². The first-order valence-electron chi connectivity index (χ1n) is 5.85. The van der Waals surface area contributed by atoms with Gasteiger partial charge in [0.1, 0.15) is 0 Å². The van der Waals surface area contributed by atoms with Crippen LogP contribution in [0.3, 0.4) is 0 Å². The highest BCUT2D eigenvalue weighted by Gasteiger charge is 2.45. The molecule has 0 radical (unpaired) electrons. The SMILES string of the molecule is CC1CCCC2(C1)CN(C(C)C)C2. The van der Waals surface area contributed by atoms with Crippen molar-refractivity contribution in [2.75, 3.05) is 13.1 Å². The molecule has 1 heteroatoms. The molecule has 2 aliphatic rings. The van der Waals surface area contributed by atoms with Crippen molar-refractivity contribution in [2.45, 2.75) is 52.5 Å². The average molecular weight is 181 g/mol. The fourth-order valence-electron chi connectivity index (χ4n) is 3.24. The van der Waals surface area contributed by atoms with Crippen LogP contribution in [0.5, 0.6) is 0 Å². The summed E-state index contributed by atoms with van der Waals surface area (Å²) in [6.07, 6.45) is 5.95. The van der Waals surface area contributed by atoms with E-state index in [2.05, 4.69) is 25.7 Å². The van der Waals surface area contributed by atoms with Gasteiger partial charge in [0.25, 0.3) is 0 Å². The zero-order chi connectivity index (χ0) is 9.47. The molecular formula is C12H23N. The highest BCUT2D eigenvalue weighted by molar-refractivity contribution is 4.98. The van der Waals surface area contributed by atoms with Gasteiger partial charge in [-0.1, -0.05) is 19.8 Å². The number of rotatable bonds is 1. The minimum absolute atomic E-state index is 0.752. The molecule has 2 fully saturated rings. The standard InChI is InChI=1S/C12H23N/c1-10(2)13-8-12(9-13)6-4-5-11(3)7-12/h10-11H,4-9H2,1-3H3. The first kappa shape index (κ1) is 9.51. The Bertz CT molecular complexity index is 180. The molecule has 1 saturated carbocycles. The minimum Gasteiger partial charge on any atom is -0.300 e. The molecule has 1 heterocycles. The molecule has 0 aromatic heterocycles. The zero-order valence-corrected chi connectivity index (χ0v) is 9.34. The van der Waals surface area contributed by atoms with Crippen LogP contribution < -0.4 is 0 Å². The molecule has 76 valence electrons. The summed E-state index contributed by atoms with van der Waals surface area (Å²) in [6.45, 7) is 9.83. The predicted molar refractivity (Wildman–Crippen MR) is 56.8 cm³/mol. The highest BCUT2D eigenvalue weighted by Crippen LogP contribution is 2.46. The van der Waals surface area contributed by atoms with Gasteiger partial charge in [-0.05, 0) is 38.0 Å². The lowest BCUT2D eigenvalue weighted by atomic mass is 9.65. The Balaban J connectivity index is 1.88. The monoisotopic (exact) mass is 181 g/mol. The largest absolute Gasteiger partial charge is 0.300 e. The highest BCUT2D eigenvalue weighted by atomic mass is 15.2. The molecule has 0 bridgehead atoms. The van der Waals surface area contributed by atoms with Crippen LogP contribution in [0.1, 0.15) is 46.5 Å². The molecule has 1 unspecified atom stereocenters. The molecule has 0 N–H and O–H groups in total. The van der Waals surface area contributed by atoms with E-state index in [4.69, 9.17) is 0 Å². The Morgan fingerprint density at radius 3 is 2.54 bits per heavy atom. The second-order valence-electron chi connectivity index (χ2n) is 5.70. The normalized spacial score (nSPS) is 33.7. The second-order valence-corrected chi connectivity index (χ2v) is 5.70. The van der Waals surface area contributed by atoms with Crippen LogP contribution in [0.15, 0.2) is 0 Å². The third-order valence-corrected chi connectivity index (χ3v) is 3.99. The number of nitrogens with zero attached hydrogens (tertiary/aromatic N) is 1. The van der Waals surface area contributed by atoms with Gasteiger partial charge in [0.15, 0.2) is 0 Å². The molecule has 1 spiro atoms. The summed E-state index contributed by atoms with van der Waals surface area (Å²) < 4.78 is 0. The van der Waals surface area contributed by atoms with Crippen molar-refractivity contribution in [1.29, 1.82) is 0 Å². The molecule has 0 amide bonds. The van der Waals surface area contributed by atoms with E-state index in [9.17, 15) is 0 Å². The number of hydrogen-bond acceptors (Lipinski definition) is 1. The van der Waals surface area contributed by atoms with Crippen LogP contribution in [0, 0.1) is 11.3 Å². The summed E-state index contributed by atoms with van der Waals surface area (Å²) in [6, 6.07) is 0.767. The summed E-state index contributed by atoms with van der Waals surface area (Å²) >= 11 is 0. The van der Waals surface area contributed by atoms with Crippen molar-refractivity contribution in [2.24, 2.45) is 11.3 Å². The topological polar surface area (TPSA) is 3.24 Å². The van der Waals surface area contributed by atoms with Crippen LogP contribution in [-0.2, 0) is 0 Å². The maximum Gasteiger partial charge on any atom is 0.00533 e. The van der Waals surface area contributed by atoms with Crippen LogP contribution in [0.25, 0.3) is 0 Å². The number of likely N-dealkylation sites (tertiary alicyclic amines) is 1. The lowest BCUT2D eigenvalue weighted by Gasteiger charge is -2.55. The first-order chi connectivity index (χ1) is 6.11. The van der Waals surface area contributed by atoms with Gasteiger partial charge in [0, 0.05) is 19.1 Å². The Labute approximate surface area is 82.5 Å². The van der Waals surface area contributed by atoms with E-state index >= 15 is 0 Å². The first-order valence-corrected chi connectivity index (χ1v) is 5.85. The van der Waals surface area contributed by atoms with Crippen LogP contribution in [0.2, 0.25) is 0 Å². The van der Waals surface area contributed by atoms with Gasteiger partial charge < -0.3 is 0 Å². The molecule has 0 aromatic carbocycles. The Hall–Kier alpha value is -0.0400. The van der Waals surface area contributed by atoms with Crippen molar-refractivity contribution >= 4 is 0 Å². The predicted octanol–water partition coefficient (Wildman–Crippen LogP) is 2.91. The summed E-state index contributed by atoms with van der Waals surface area (Å²) in [4.78, 5) is 2.62. The smallest absolute Gasteiger partial charge is 0.00533 e. The van der Waals surface area contributed by atoms with E-state index in [0.717, 1.165) is 17.4 Å². The molecule has 1 saturated heterocycles. The van der Waals surface area contributed by atoms with Gasteiger partial charge in [-0.15, -0.1) is 0 Å². The summed E-state index contributed by atoms with van der Waals surface area (Å²) in [5.74, 6) is 0.989. The summed E-state index contributed by atoms with van der Waals surface area (Å²) in [7, 11) is 0. The molecule has 1 aliphatic carbocycles. The van der Waals surface area contributed by atoms with E-state index in [1.807, 2.05) is 0 Å². The molecular weight excluding hydrogens is 158 g/mol. The van der Waals surface area contributed by atoms with Gasteiger partial charge >= 0.3 is 0 Å². The second kappa shape index (κ2) is 3.27. The number of hydrogen-bond donors (Lipinski definition) is 0. The zero-order valence-electron chi connectivity index (χ0n) is 9.34. The van der Waals surface area contributed by atoms with Gasteiger partial charge in [-0.3, -0.25) is 4.90 Å². The molecule has 2 rings (SSSR count). The van der Waals surface area contributed by atoms with E-state index < -0.39 is 0 Å². The van der Waals surface area contributed by atoms with Gasteiger partial charge in [0.2, 0.25) is 0 Å². The average Bonchev–Trinajstić information content (AvgIpc) is 1.99. The van der Waals surface area contributed by atoms with Crippen molar-refractivity contribution in [3.8, 4) is 0 Å². The maximum atomic E-state index is 2.62. The van der Waals surface area contributed by atoms with E-state index in [1.54, 1.807) is 0 Å². The lowest BCUT2D eigenvalue weighted by molar-refractivity contribution is -0.0582. The molecule has 1 atom stereocenters. The third kappa shape index (κ3) is 1.76. The van der Waals surface area contributed by atoms with E-state index in [-0.39, 0.29) is 0 Å². The Kier molecular flexibility index (Phi) is 2.39. The quantitative estimate of drug-likeness (QED) is 0.601. The van der Waals surface area contributed by atoms with Gasteiger partial charge in [-0.2, -0.15) is 0 Å². The van der Waals surface area contributed by atoms with Crippen LogP contribution in [0.4, 0.5) is 0 Å². The summed E-state index contributed by atoms with van der Waals surface area (Å²) in [5, 5.41) is 0. The van der Waals surface area contributed by atoms with Gasteiger partial charge in [0.05, 0.1) is 0 Å². The Morgan fingerprint density at radius 2 is 2.00 bits per heavy atom. The minimum atomic E-state index is 0.752. The third-order valence-electron chi connectivity index (χ3n) is 3.99. The van der Waals surface area contributed by atoms with Gasteiger partial charge in [-0.25, -0.2) is 0 Å². The Morgan fingerprint density at radius 1 is 1.31 bits per heavy atom. The van der Waals surface area contributed by atoms with E-state index in [0.29, 0.717) is 0 Å². The maximum absolute atomic E-state index is 2.62. The molecule has 13 heavy (non-hydrogen) atoms. The fraction of sp³-hybridized carbons (Fsp3) is 1.00. The van der Waals surface area contributed by atoms with Crippen molar-refractivity contribution < 1.29 is 0 Å². The van der Waals surface area contributed by atoms with E-state index in [1.165, 1.54) is 38.8 Å². The molecule has 1 nitrogen and oxygen atoms in total. The van der Waals surface area contributed by atoms with Crippen molar-refractivity contribution in [3.63, 3.8) is 0 Å². The van der Waals surface area contributed by atoms with Crippen molar-refractivity contribution in [3.05, 3.63) is 0 Å².